The third-order valence-electron chi connectivity index (χ3n) is 5.47. The lowest BCUT2D eigenvalue weighted by atomic mass is 9.77. The van der Waals surface area contributed by atoms with Gasteiger partial charge in [0, 0.05) is 5.92 Å². The second kappa shape index (κ2) is 8.01. The van der Waals surface area contributed by atoms with Crippen molar-refractivity contribution < 1.29 is 17.3 Å². The van der Waals surface area contributed by atoms with Gasteiger partial charge in [-0.1, -0.05) is 54.1 Å². The SMILES string of the molecule is COc1ccc2c(c1)CC[C@H](OS(=O)(=O)c1ccc(C)cc1)[C@H]2c1ccccc1. The van der Waals surface area contributed by atoms with E-state index in [2.05, 4.69) is 0 Å². The molecule has 1 aliphatic carbocycles. The molecule has 2 atom stereocenters. The van der Waals surface area contributed by atoms with Crippen LogP contribution in [0.5, 0.6) is 5.75 Å². The molecule has 0 saturated carbocycles. The van der Waals surface area contributed by atoms with Crippen LogP contribution in [0.2, 0.25) is 0 Å². The van der Waals surface area contributed by atoms with Crippen molar-refractivity contribution in [1.29, 1.82) is 0 Å². The Morgan fingerprint density at radius 3 is 2.34 bits per heavy atom. The predicted molar refractivity (Wildman–Crippen MR) is 113 cm³/mol. The smallest absolute Gasteiger partial charge is 0.297 e. The number of aryl methyl sites for hydroxylation is 2. The van der Waals surface area contributed by atoms with Gasteiger partial charge in [-0.2, -0.15) is 8.42 Å². The maximum Gasteiger partial charge on any atom is 0.297 e. The first-order chi connectivity index (χ1) is 14.0. The van der Waals surface area contributed by atoms with Crippen molar-refractivity contribution in [3.8, 4) is 5.75 Å². The summed E-state index contributed by atoms with van der Waals surface area (Å²) in [5.41, 5.74) is 4.31. The highest BCUT2D eigenvalue weighted by Crippen LogP contribution is 2.41. The van der Waals surface area contributed by atoms with Gasteiger partial charge in [-0.05, 0) is 60.7 Å². The van der Waals surface area contributed by atoms with Crippen molar-refractivity contribution in [1.82, 2.24) is 0 Å². The van der Waals surface area contributed by atoms with Gasteiger partial charge in [0.2, 0.25) is 0 Å². The van der Waals surface area contributed by atoms with E-state index in [1.165, 1.54) is 5.56 Å². The molecule has 0 bridgehead atoms. The summed E-state index contributed by atoms with van der Waals surface area (Å²) < 4.78 is 37.1. The molecule has 1 aliphatic rings. The molecule has 0 N–H and O–H groups in total. The maximum absolute atomic E-state index is 13.0. The molecule has 0 unspecified atom stereocenters. The molecule has 5 heteroatoms. The number of hydrogen-bond donors (Lipinski definition) is 0. The molecule has 3 aromatic rings. The van der Waals surface area contributed by atoms with E-state index in [9.17, 15) is 8.42 Å². The van der Waals surface area contributed by atoms with Crippen molar-refractivity contribution in [3.63, 3.8) is 0 Å². The summed E-state index contributed by atoms with van der Waals surface area (Å²) >= 11 is 0. The summed E-state index contributed by atoms with van der Waals surface area (Å²) in [6, 6.07) is 22.7. The third kappa shape index (κ3) is 4.07. The van der Waals surface area contributed by atoms with Crippen molar-refractivity contribution in [2.24, 2.45) is 0 Å². The molecule has 0 aliphatic heterocycles. The van der Waals surface area contributed by atoms with E-state index in [1.807, 2.05) is 55.5 Å². The number of ether oxygens (including phenoxy) is 1. The van der Waals surface area contributed by atoms with Gasteiger partial charge in [0.25, 0.3) is 10.1 Å². The topological polar surface area (TPSA) is 52.6 Å². The Morgan fingerprint density at radius 2 is 1.66 bits per heavy atom. The molecule has 0 aromatic heterocycles. The summed E-state index contributed by atoms with van der Waals surface area (Å²) in [6.45, 7) is 1.93. The van der Waals surface area contributed by atoms with Crippen molar-refractivity contribution in [3.05, 3.63) is 95.1 Å². The number of methoxy groups -OCH3 is 1. The van der Waals surface area contributed by atoms with Crippen LogP contribution in [-0.2, 0) is 20.7 Å². The molecule has 3 aromatic carbocycles. The van der Waals surface area contributed by atoms with E-state index < -0.39 is 16.2 Å². The average molecular weight is 409 g/mol. The number of hydrogen-bond acceptors (Lipinski definition) is 4. The van der Waals surface area contributed by atoms with E-state index >= 15 is 0 Å². The number of rotatable bonds is 5. The molecule has 0 radical (unpaired) electrons. The van der Waals surface area contributed by atoms with Gasteiger partial charge in [0.1, 0.15) is 5.75 Å². The molecule has 0 heterocycles. The van der Waals surface area contributed by atoms with Crippen LogP contribution in [0.1, 0.15) is 34.6 Å². The summed E-state index contributed by atoms with van der Waals surface area (Å²) in [5, 5.41) is 0. The molecule has 0 amide bonds. The first-order valence-electron chi connectivity index (χ1n) is 9.69. The Labute approximate surface area is 172 Å². The quantitative estimate of drug-likeness (QED) is 0.566. The number of fused-ring (bicyclic) bond motifs is 1. The van der Waals surface area contributed by atoms with Crippen LogP contribution in [0.25, 0.3) is 0 Å². The molecule has 29 heavy (non-hydrogen) atoms. The van der Waals surface area contributed by atoms with Gasteiger partial charge in [0.05, 0.1) is 18.1 Å². The lowest BCUT2D eigenvalue weighted by Gasteiger charge is -2.33. The van der Waals surface area contributed by atoms with Crippen LogP contribution in [-0.4, -0.2) is 21.6 Å². The van der Waals surface area contributed by atoms with E-state index in [0.717, 1.165) is 28.9 Å². The Bertz CT molecular complexity index is 1090. The minimum absolute atomic E-state index is 0.161. The van der Waals surface area contributed by atoms with Crippen LogP contribution >= 0.6 is 0 Å². The van der Waals surface area contributed by atoms with Crippen LogP contribution in [0.4, 0.5) is 0 Å². The van der Waals surface area contributed by atoms with Gasteiger partial charge >= 0.3 is 0 Å². The van der Waals surface area contributed by atoms with E-state index in [4.69, 9.17) is 8.92 Å². The lowest BCUT2D eigenvalue weighted by molar-refractivity contribution is 0.173. The normalized spacial score (nSPS) is 18.8. The molecule has 4 rings (SSSR count). The van der Waals surface area contributed by atoms with Crippen molar-refractivity contribution in [2.45, 2.75) is 36.7 Å². The molecule has 150 valence electrons. The minimum Gasteiger partial charge on any atom is -0.497 e. The Kier molecular flexibility index (Phi) is 5.43. The highest BCUT2D eigenvalue weighted by molar-refractivity contribution is 7.86. The summed E-state index contributed by atoms with van der Waals surface area (Å²) in [5.74, 6) is 0.647. The predicted octanol–water partition coefficient (Wildman–Crippen LogP) is 4.86. The molecular weight excluding hydrogens is 384 g/mol. The fourth-order valence-electron chi connectivity index (χ4n) is 3.98. The third-order valence-corrected chi connectivity index (χ3v) is 6.82. The fourth-order valence-corrected chi connectivity index (χ4v) is 5.09. The summed E-state index contributed by atoms with van der Waals surface area (Å²) in [4.78, 5) is 0.190. The highest BCUT2D eigenvalue weighted by atomic mass is 32.2. The average Bonchev–Trinajstić information content (AvgIpc) is 2.74. The second-order valence-electron chi connectivity index (χ2n) is 7.39. The lowest BCUT2D eigenvalue weighted by Crippen LogP contribution is -2.31. The number of benzene rings is 3. The zero-order chi connectivity index (χ0) is 20.4. The van der Waals surface area contributed by atoms with Crippen LogP contribution in [0, 0.1) is 6.92 Å². The molecule has 0 spiro atoms. The first-order valence-corrected chi connectivity index (χ1v) is 11.1. The molecule has 4 nitrogen and oxygen atoms in total. The van der Waals surface area contributed by atoms with E-state index in [-0.39, 0.29) is 10.8 Å². The van der Waals surface area contributed by atoms with E-state index in [0.29, 0.717) is 6.42 Å². The second-order valence-corrected chi connectivity index (χ2v) is 8.97. The zero-order valence-electron chi connectivity index (χ0n) is 16.5. The maximum atomic E-state index is 13.0. The highest BCUT2D eigenvalue weighted by Gasteiger charge is 2.35. The van der Waals surface area contributed by atoms with Crippen molar-refractivity contribution in [2.75, 3.05) is 7.11 Å². The fraction of sp³-hybridized carbons (Fsp3) is 0.250. The van der Waals surface area contributed by atoms with Crippen molar-refractivity contribution >= 4 is 10.1 Å². The minimum atomic E-state index is -3.86. The Morgan fingerprint density at radius 1 is 0.931 bits per heavy atom. The standard InChI is InChI=1S/C24H24O4S/c1-17-8-12-21(13-9-17)29(25,26)28-23-15-10-19-16-20(27-2)11-14-22(19)24(23)18-6-4-3-5-7-18/h3-9,11-14,16,23-24H,10,15H2,1-2H3/t23-,24-/m0/s1. The molecular formula is C24H24O4S. The van der Waals surface area contributed by atoms with Gasteiger partial charge in [-0.3, -0.25) is 4.18 Å². The monoisotopic (exact) mass is 408 g/mol. The van der Waals surface area contributed by atoms with Gasteiger partial charge < -0.3 is 4.74 Å². The van der Waals surface area contributed by atoms with Gasteiger partial charge in [0.15, 0.2) is 0 Å². The summed E-state index contributed by atoms with van der Waals surface area (Å²) in [6.07, 6.45) is 0.888. The molecule has 0 fully saturated rings. The van der Waals surface area contributed by atoms with Crippen LogP contribution < -0.4 is 4.74 Å². The molecule has 0 saturated heterocycles. The zero-order valence-corrected chi connectivity index (χ0v) is 17.4. The van der Waals surface area contributed by atoms with Crippen LogP contribution in [0.15, 0.2) is 77.7 Å². The Hall–Kier alpha value is -2.63. The first kappa shape index (κ1) is 19.7. The largest absolute Gasteiger partial charge is 0.497 e. The van der Waals surface area contributed by atoms with Gasteiger partial charge in [-0.15, -0.1) is 0 Å². The van der Waals surface area contributed by atoms with Crippen LogP contribution in [0.3, 0.4) is 0 Å². The Balaban J connectivity index is 1.73. The van der Waals surface area contributed by atoms with Gasteiger partial charge in [-0.25, -0.2) is 0 Å². The summed E-state index contributed by atoms with van der Waals surface area (Å²) in [7, 11) is -2.21. The van der Waals surface area contributed by atoms with E-state index in [1.54, 1.807) is 31.4 Å².